The molecule has 0 amide bonds. The smallest absolute Gasteiger partial charge is 0.240 e. The lowest BCUT2D eigenvalue weighted by molar-refractivity contribution is 0.416. The number of rotatable bonds is 5. The molecule has 2 aromatic heterocycles. The second-order valence-electron chi connectivity index (χ2n) is 5.85. The second-order valence-corrected chi connectivity index (χ2v) is 8.77. The van der Waals surface area contributed by atoms with Crippen molar-refractivity contribution in [3.05, 3.63) is 36.7 Å². The molecule has 0 unspecified atom stereocenters. The first kappa shape index (κ1) is 20.3. The van der Waals surface area contributed by atoms with E-state index in [1.54, 1.807) is 12.4 Å². The molecule has 8 nitrogen and oxygen atoms in total. The summed E-state index contributed by atoms with van der Waals surface area (Å²) >= 11 is 1.46. The van der Waals surface area contributed by atoms with Gasteiger partial charge in [-0.05, 0) is 37.4 Å². The summed E-state index contributed by atoms with van der Waals surface area (Å²) in [6.07, 6.45) is 1.76. The van der Waals surface area contributed by atoms with Crippen molar-refractivity contribution in [3.63, 3.8) is 0 Å². The molecule has 0 atom stereocenters. The standard InChI is InChI=1S/C17H17N5O3S2.ClH/c1-18-27(23,24)10-4-6-13(25-3)11(8-10)20-17-21-16-14(26-17)7-5-12-15(16)19-9-22(12)2;/h4-9,18H,1-3H3,(H,20,21);1H. The van der Waals surface area contributed by atoms with Gasteiger partial charge >= 0.3 is 0 Å². The molecular weight excluding hydrogens is 422 g/mol. The maximum atomic E-state index is 12.1. The van der Waals surface area contributed by atoms with Crippen molar-refractivity contribution in [2.75, 3.05) is 19.5 Å². The second kappa shape index (κ2) is 7.55. The molecule has 28 heavy (non-hydrogen) atoms. The number of hydrogen-bond acceptors (Lipinski definition) is 7. The van der Waals surface area contributed by atoms with E-state index < -0.39 is 10.0 Å². The first-order chi connectivity index (χ1) is 12.9. The molecule has 0 fully saturated rings. The highest BCUT2D eigenvalue weighted by atomic mass is 35.5. The number of nitrogens with zero attached hydrogens (tertiary/aromatic N) is 3. The number of fused-ring (bicyclic) bond motifs is 3. The maximum absolute atomic E-state index is 12.1. The molecule has 0 aliphatic rings. The highest BCUT2D eigenvalue weighted by molar-refractivity contribution is 7.89. The molecule has 0 radical (unpaired) electrons. The number of methoxy groups -OCH3 is 1. The van der Waals surface area contributed by atoms with Crippen molar-refractivity contribution in [3.8, 4) is 5.75 Å². The van der Waals surface area contributed by atoms with Crippen molar-refractivity contribution >= 4 is 65.8 Å². The molecule has 0 aliphatic heterocycles. The van der Waals surface area contributed by atoms with Gasteiger partial charge in [-0.1, -0.05) is 11.3 Å². The fraction of sp³-hybridized carbons (Fsp3) is 0.176. The Morgan fingerprint density at radius 2 is 1.96 bits per heavy atom. The third-order valence-corrected chi connectivity index (χ3v) is 6.59. The van der Waals surface area contributed by atoms with Crippen molar-refractivity contribution in [2.24, 2.45) is 7.05 Å². The lowest BCUT2D eigenvalue weighted by Gasteiger charge is -2.11. The summed E-state index contributed by atoms with van der Waals surface area (Å²) in [5.74, 6) is 0.521. The molecule has 2 N–H and O–H groups in total. The number of benzene rings is 2. The SMILES string of the molecule is CNS(=O)(=O)c1ccc(OC)c(Nc2nc3c(ccc4c3ncn4C)s2)c1.Cl. The van der Waals surface area contributed by atoms with E-state index >= 15 is 0 Å². The molecule has 0 saturated carbocycles. The maximum Gasteiger partial charge on any atom is 0.240 e. The van der Waals surface area contributed by atoms with Crippen LogP contribution in [-0.4, -0.2) is 37.1 Å². The molecule has 0 bridgehead atoms. The average Bonchev–Trinajstić information content (AvgIpc) is 3.24. The predicted molar refractivity (Wildman–Crippen MR) is 114 cm³/mol. The Balaban J connectivity index is 0.00000225. The van der Waals surface area contributed by atoms with Crippen LogP contribution in [0.15, 0.2) is 41.6 Å². The number of anilines is 2. The molecule has 2 aromatic carbocycles. The third kappa shape index (κ3) is 3.39. The Labute approximate surface area is 172 Å². The summed E-state index contributed by atoms with van der Waals surface area (Å²) in [4.78, 5) is 9.21. The number of halogens is 1. The average molecular weight is 440 g/mol. The van der Waals surface area contributed by atoms with Crippen LogP contribution in [0.1, 0.15) is 0 Å². The van der Waals surface area contributed by atoms with Gasteiger partial charge in [0.1, 0.15) is 16.8 Å². The van der Waals surface area contributed by atoms with E-state index in [0.717, 1.165) is 21.3 Å². The molecule has 0 saturated heterocycles. The molecule has 0 aliphatic carbocycles. The van der Waals surface area contributed by atoms with Crippen molar-refractivity contribution in [1.29, 1.82) is 0 Å². The minimum atomic E-state index is -3.56. The van der Waals surface area contributed by atoms with Gasteiger partial charge in [0.15, 0.2) is 5.13 Å². The Morgan fingerprint density at radius 3 is 2.68 bits per heavy atom. The molecule has 11 heteroatoms. The van der Waals surface area contributed by atoms with Gasteiger partial charge in [-0.2, -0.15) is 0 Å². The first-order valence-corrected chi connectivity index (χ1v) is 10.3. The van der Waals surface area contributed by atoms with Gasteiger partial charge in [0.25, 0.3) is 0 Å². The van der Waals surface area contributed by atoms with Gasteiger partial charge in [0, 0.05) is 7.05 Å². The van der Waals surface area contributed by atoms with Crippen LogP contribution in [0.4, 0.5) is 10.8 Å². The number of aromatic nitrogens is 3. The van der Waals surface area contributed by atoms with Crippen LogP contribution in [0.2, 0.25) is 0 Å². The van der Waals surface area contributed by atoms with Gasteiger partial charge in [-0.3, -0.25) is 0 Å². The molecular formula is C17H18ClN5O3S2. The summed E-state index contributed by atoms with van der Waals surface area (Å²) < 4.78 is 34.8. The zero-order valence-electron chi connectivity index (χ0n) is 15.3. The zero-order valence-corrected chi connectivity index (χ0v) is 17.7. The van der Waals surface area contributed by atoms with Gasteiger partial charge in [-0.15, -0.1) is 12.4 Å². The largest absolute Gasteiger partial charge is 0.495 e. The van der Waals surface area contributed by atoms with Crippen molar-refractivity contribution < 1.29 is 13.2 Å². The molecule has 0 spiro atoms. The fourth-order valence-electron chi connectivity index (χ4n) is 2.83. The van der Waals surface area contributed by atoms with E-state index in [2.05, 4.69) is 20.0 Å². The third-order valence-electron chi connectivity index (χ3n) is 4.24. The van der Waals surface area contributed by atoms with Crippen LogP contribution in [0, 0.1) is 0 Å². The summed E-state index contributed by atoms with van der Waals surface area (Å²) in [6, 6.07) is 8.63. The van der Waals surface area contributed by atoms with Gasteiger partial charge in [0.05, 0.1) is 34.2 Å². The topological polar surface area (TPSA) is 98.1 Å². The fourth-order valence-corrected chi connectivity index (χ4v) is 4.46. The van der Waals surface area contributed by atoms with Gasteiger partial charge in [-0.25, -0.2) is 23.1 Å². The van der Waals surface area contributed by atoms with Gasteiger partial charge in [0.2, 0.25) is 10.0 Å². The Bertz CT molecular complexity index is 1270. The molecule has 148 valence electrons. The molecule has 2 heterocycles. The molecule has 4 aromatic rings. The highest BCUT2D eigenvalue weighted by Gasteiger charge is 2.16. The van der Waals surface area contributed by atoms with E-state index in [9.17, 15) is 8.42 Å². The van der Waals surface area contributed by atoms with Crippen molar-refractivity contribution in [1.82, 2.24) is 19.3 Å². The van der Waals surface area contributed by atoms with Gasteiger partial charge < -0.3 is 14.6 Å². The number of thiazole rings is 1. The summed E-state index contributed by atoms with van der Waals surface area (Å²) in [6.45, 7) is 0. The van der Waals surface area contributed by atoms with Crippen molar-refractivity contribution in [2.45, 2.75) is 4.90 Å². The van der Waals surface area contributed by atoms with Crippen LogP contribution >= 0.6 is 23.7 Å². The number of hydrogen-bond donors (Lipinski definition) is 2. The van der Waals surface area contributed by atoms with Crippen LogP contribution in [-0.2, 0) is 17.1 Å². The Hall–Kier alpha value is -2.40. The minimum Gasteiger partial charge on any atom is -0.495 e. The summed E-state index contributed by atoms with van der Waals surface area (Å²) in [5, 5.41) is 3.80. The number of ether oxygens (including phenoxy) is 1. The lowest BCUT2D eigenvalue weighted by Crippen LogP contribution is -2.18. The van der Waals surface area contributed by atoms with Crippen LogP contribution in [0.5, 0.6) is 5.75 Å². The monoisotopic (exact) mass is 439 g/mol. The summed E-state index contributed by atoms with van der Waals surface area (Å²) in [5.41, 5.74) is 3.15. The van der Waals surface area contributed by atoms with E-state index in [0.29, 0.717) is 16.6 Å². The Morgan fingerprint density at radius 1 is 1.18 bits per heavy atom. The quantitative estimate of drug-likeness (QED) is 0.495. The van der Waals surface area contributed by atoms with E-state index in [1.807, 2.05) is 23.7 Å². The van der Waals surface area contributed by atoms with E-state index in [1.165, 1.54) is 37.6 Å². The highest BCUT2D eigenvalue weighted by Crippen LogP contribution is 2.35. The van der Waals surface area contributed by atoms with Crippen LogP contribution in [0.3, 0.4) is 0 Å². The molecule has 4 rings (SSSR count). The van der Waals surface area contributed by atoms with Crippen LogP contribution < -0.4 is 14.8 Å². The number of nitrogens with one attached hydrogen (secondary N) is 2. The Kier molecular flexibility index (Phi) is 5.48. The zero-order chi connectivity index (χ0) is 19.2. The number of aryl methyl sites for hydroxylation is 1. The predicted octanol–water partition coefficient (Wildman–Crippen LogP) is 3.27. The lowest BCUT2D eigenvalue weighted by atomic mass is 10.3. The van der Waals surface area contributed by atoms with E-state index in [-0.39, 0.29) is 17.3 Å². The van der Waals surface area contributed by atoms with Crippen LogP contribution in [0.25, 0.3) is 21.3 Å². The number of sulfonamides is 1. The normalized spacial score (nSPS) is 11.5. The summed E-state index contributed by atoms with van der Waals surface area (Å²) in [7, 11) is 1.28. The number of imidazole rings is 1. The van der Waals surface area contributed by atoms with E-state index in [4.69, 9.17) is 4.74 Å². The first-order valence-electron chi connectivity index (χ1n) is 8.02. The minimum absolute atomic E-state index is 0.